The molecule has 2 aromatic rings. The summed E-state index contributed by atoms with van der Waals surface area (Å²) < 4.78 is 38.0. The van der Waals surface area contributed by atoms with Gasteiger partial charge in [-0.3, -0.25) is 4.99 Å². The standard InChI is InChI=1S/C18H24FN3O3S2.HI/c1-3-20-18(22(2)12-14-6-4-7-15(19)10-14)21-11-16(23)13-27(24,25)17-8-5-9-26-17;/h4-10,16,23H,3,11-13H2,1-2H3,(H,20,21);1H. The van der Waals surface area contributed by atoms with Crippen LogP contribution < -0.4 is 5.32 Å². The van der Waals surface area contributed by atoms with Crippen molar-refractivity contribution in [2.24, 2.45) is 4.99 Å². The Bertz CT molecular complexity index is 861. The van der Waals surface area contributed by atoms with Gasteiger partial charge in [0.15, 0.2) is 15.8 Å². The first kappa shape index (κ1) is 24.8. The highest BCUT2D eigenvalue weighted by Crippen LogP contribution is 2.18. The Hall–Kier alpha value is -1.24. The van der Waals surface area contributed by atoms with Crippen LogP contribution in [0.5, 0.6) is 0 Å². The van der Waals surface area contributed by atoms with Crippen molar-refractivity contribution in [2.75, 3.05) is 25.9 Å². The highest BCUT2D eigenvalue weighted by atomic mass is 127. The second-order valence-corrected chi connectivity index (χ2v) is 9.26. The van der Waals surface area contributed by atoms with Crippen LogP contribution in [-0.4, -0.2) is 56.4 Å². The summed E-state index contributed by atoms with van der Waals surface area (Å²) in [4.78, 5) is 6.11. The predicted molar refractivity (Wildman–Crippen MR) is 122 cm³/mol. The summed E-state index contributed by atoms with van der Waals surface area (Å²) in [6.07, 6.45) is -1.12. The number of nitrogens with zero attached hydrogens (tertiary/aromatic N) is 2. The van der Waals surface area contributed by atoms with E-state index >= 15 is 0 Å². The maximum atomic E-state index is 13.3. The molecule has 1 heterocycles. The minimum Gasteiger partial charge on any atom is -0.390 e. The van der Waals surface area contributed by atoms with Crippen LogP contribution in [0.2, 0.25) is 0 Å². The number of thiophene rings is 1. The molecule has 0 amide bonds. The van der Waals surface area contributed by atoms with Gasteiger partial charge in [-0.25, -0.2) is 12.8 Å². The lowest BCUT2D eigenvalue weighted by atomic mass is 10.2. The van der Waals surface area contributed by atoms with Crippen LogP contribution in [0.4, 0.5) is 4.39 Å². The number of rotatable bonds is 8. The van der Waals surface area contributed by atoms with E-state index in [9.17, 15) is 17.9 Å². The molecule has 6 nitrogen and oxygen atoms in total. The number of hydrogen-bond acceptors (Lipinski definition) is 5. The number of guanidine groups is 1. The molecule has 1 unspecified atom stereocenters. The minimum absolute atomic E-state index is 0. The van der Waals surface area contributed by atoms with Crippen LogP contribution in [-0.2, 0) is 16.4 Å². The van der Waals surface area contributed by atoms with E-state index in [4.69, 9.17) is 0 Å². The molecule has 0 saturated carbocycles. The van der Waals surface area contributed by atoms with Crippen molar-refractivity contribution in [3.8, 4) is 0 Å². The van der Waals surface area contributed by atoms with Crippen LogP contribution >= 0.6 is 35.3 Å². The van der Waals surface area contributed by atoms with Crippen molar-refractivity contribution >= 4 is 51.1 Å². The molecule has 0 fully saturated rings. The van der Waals surface area contributed by atoms with Crippen molar-refractivity contribution in [2.45, 2.75) is 23.8 Å². The molecule has 1 aromatic carbocycles. The highest BCUT2D eigenvalue weighted by Gasteiger charge is 2.21. The molecule has 0 aliphatic heterocycles. The topological polar surface area (TPSA) is 82.0 Å². The fraction of sp³-hybridized carbons (Fsp3) is 0.389. The maximum absolute atomic E-state index is 13.3. The molecule has 2 rings (SSSR count). The third kappa shape index (κ3) is 7.64. The summed E-state index contributed by atoms with van der Waals surface area (Å²) >= 11 is 1.13. The van der Waals surface area contributed by atoms with Crippen molar-refractivity contribution in [1.82, 2.24) is 10.2 Å². The van der Waals surface area contributed by atoms with Gasteiger partial charge in [-0.1, -0.05) is 18.2 Å². The Morgan fingerprint density at radius 2 is 2.11 bits per heavy atom. The zero-order valence-electron chi connectivity index (χ0n) is 15.7. The number of sulfone groups is 1. The molecular weight excluding hydrogens is 516 g/mol. The predicted octanol–water partition coefficient (Wildman–Crippen LogP) is 2.74. The number of hydrogen-bond donors (Lipinski definition) is 2. The average molecular weight is 541 g/mol. The van der Waals surface area contributed by atoms with Crippen LogP contribution in [0.3, 0.4) is 0 Å². The summed E-state index contributed by atoms with van der Waals surface area (Å²) in [5.41, 5.74) is 0.781. The molecule has 0 bridgehead atoms. The van der Waals surface area contributed by atoms with E-state index in [2.05, 4.69) is 10.3 Å². The molecular formula is C18H25FIN3O3S2. The third-order valence-corrected chi connectivity index (χ3v) is 6.96. The van der Waals surface area contributed by atoms with Gasteiger partial charge in [0.25, 0.3) is 0 Å². The average Bonchev–Trinajstić information content (AvgIpc) is 3.13. The van der Waals surface area contributed by atoms with Gasteiger partial charge in [0.1, 0.15) is 10.0 Å². The molecule has 2 N–H and O–H groups in total. The molecule has 0 aliphatic carbocycles. The van der Waals surface area contributed by atoms with E-state index < -0.39 is 15.9 Å². The lowest BCUT2D eigenvalue weighted by Crippen LogP contribution is -2.39. The highest BCUT2D eigenvalue weighted by molar-refractivity contribution is 14.0. The molecule has 0 saturated heterocycles. The van der Waals surface area contributed by atoms with E-state index in [1.165, 1.54) is 18.2 Å². The number of aliphatic imine (C=N–C) groups is 1. The number of benzene rings is 1. The SMILES string of the molecule is CCNC(=NCC(O)CS(=O)(=O)c1cccs1)N(C)Cc1cccc(F)c1.I. The van der Waals surface area contributed by atoms with Crippen LogP contribution in [0.25, 0.3) is 0 Å². The molecule has 28 heavy (non-hydrogen) atoms. The van der Waals surface area contributed by atoms with Crippen LogP contribution in [0, 0.1) is 5.82 Å². The Balaban J connectivity index is 0.00000392. The molecule has 10 heteroatoms. The molecule has 0 spiro atoms. The van der Waals surface area contributed by atoms with Gasteiger partial charge in [0.05, 0.1) is 18.4 Å². The van der Waals surface area contributed by atoms with Gasteiger partial charge in [-0.2, -0.15) is 0 Å². The lowest BCUT2D eigenvalue weighted by Gasteiger charge is -2.22. The zero-order chi connectivity index (χ0) is 19.9. The summed E-state index contributed by atoms with van der Waals surface area (Å²) in [5, 5.41) is 14.9. The van der Waals surface area contributed by atoms with Crippen molar-refractivity contribution in [3.63, 3.8) is 0 Å². The second kappa shape index (κ2) is 11.7. The Morgan fingerprint density at radius 1 is 1.36 bits per heavy atom. The van der Waals surface area contributed by atoms with Gasteiger partial charge in [-0.15, -0.1) is 35.3 Å². The largest absolute Gasteiger partial charge is 0.390 e. The van der Waals surface area contributed by atoms with Crippen molar-refractivity contribution < 1.29 is 17.9 Å². The molecule has 156 valence electrons. The fourth-order valence-corrected chi connectivity index (χ4v) is 4.94. The Morgan fingerprint density at radius 3 is 2.71 bits per heavy atom. The monoisotopic (exact) mass is 541 g/mol. The van der Waals surface area contributed by atoms with E-state index in [0.717, 1.165) is 16.9 Å². The van der Waals surface area contributed by atoms with Gasteiger partial charge in [0, 0.05) is 20.1 Å². The van der Waals surface area contributed by atoms with Gasteiger partial charge < -0.3 is 15.3 Å². The van der Waals surface area contributed by atoms with Crippen LogP contribution in [0.1, 0.15) is 12.5 Å². The first-order valence-corrected chi connectivity index (χ1v) is 11.0. The fourth-order valence-electron chi connectivity index (χ4n) is 2.47. The first-order chi connectivity index (χ1) is 12.8. The number of halogens is 2. The molecule has 1 aromatic heterocycles. The quantitative estimate of drug-likeness (QED) is 0.305. The summed E-state index contributed by atoms with van der Waals surface area (Å²) in [7, 11) is -1.73. The molecule has 1 atom stereocenters. The maximum Gasteiger partial charge on any atom is 0.194 e. The van der Waals surface area contributed by atoms with Crippen molar-refractivity contribution in [3.05, 3.63) is 53.2 Å². The number of aliphatic hydroxyl groups is 1. The third-order valence-electron chi connectivity index (χ3n) is 3.67. The molecule has 0 aliphatic rings. The second-order valence-electron chi connectivity index (χ2n) is 6.05. The summed E-state index contributed by atoms with van der Waals surface area (Å²) in [5.74, 6) is -0.185. The van der Waals surface area contributed by atoms with E-state index in [1.807, 2.05) is 13.0 Å². The normalized spacial score (nSPS) is 12.9. The van der Waals surface area contributed by atoms with E-state index in [0.29, 0.717) is 19.0 Å². The van der Waals surface area contributed by atoms with Crippen molar-refractivity contribution in [1.29, 1.82) is 0 Å². The van der Waals surface area contributed by atoms with Gasteiger partial charge in [0.2, 0.25) is 0 Å². The summed E-state index contributed by atoms with van der Waals surface area (Å²) in [6.45, 7) is 2.88. The zero-order valence-corrected chi connectivity index (χ0v) is 19.7. The van der Waals surface area contributed by atoms with Gasteiger partial charge >= 0.3 is 0 Å². The molecule has 0 radical (unpaired) electrons. The summed E-state index contributed by atoms with van der Waals surface area (Å²) in [6, 6.07) is 9.46. The van der Waals surface area contributed by atoms with E-state index in [-0.39, 0.29) is 46.3 Å². The lowest BCUT2D eigenvalue weighted by molar-refractivity contribution is 0.205. The minimum atomic E-state index is -3.53. The number of aliphatic hydroxyl groups excluding tert-OH is 1. The Labute approximate surface area is 186 Å². The Kier molecular flexibility index (Phi) is 10.4. The first-order valence-electron chi connectivity index (χ1n) is 8.50. The van der Waals surface area contributed by atoms with Gasteiger partial charge in [-0.05, 0) is 36.1 Å². The number of nitrogens with one attached hydrogen (secondary N) is 1. The van der Waals surface area contributed by atoms with E-state index in [1.54, 1.807) is 29.5 Å². The van der Waals surface area contributed by atoms with Crippen LogP contribution in [0.15, 0.2) is 51.0 Å². The smallest absolute Gasteiger partial charge is 0.194 e.